The van der Waals surface area contributed by atoms with Gasteiger partial charge in [0.25, 0.3) is 0 Å². The first-order chi connectivity index (χ1) is 9.08. The van der Waals surface area contributed by atoms with E-state index in [0.717, 1.165) is 10.0 Å². The van der Waals surface area contributed by atoms with Gasteiger partial charge in [0.15, 0.2) is 5.75 Å². The molecule has 0 bridgehead atoms. The lowest BCUT2D eigenvalue weighted by molar-refractivity contribution is 0.306. The highest BCUT2D eigenvalue weighted by molar-refractivity contribution is 9.10. The van der Waals surface area contributed by atoms with Crippen molar-refractivity contribution in [3.63, 3.8) is 0 Å². The standard InChI is InChI=1S/C16H18BrNO/c1-11(2)13-8-6-12(7-9-13)10-19-16-14(17)4-3-5-15(16)18/h3-9,11H,10,18H2,1-2H3. The molecule has 19 heavy (non-hydrogen) atoms. The smallest absolute Gasteiger partial charge is 0.156 e. The lowest BCUT2D eigenvalue weighted by Crippen LogP contribution is -2.00. The average Bonchev–Trinajstić information content (AvgIpc) is 2.38. The molecule has 0 radical (unpaired) electrons. The highest BCUT2D eigenvalue weighted by atomic mass is 79.9. The second-order valence-electron chi connectivity index (χ2n) is 4.84. The van der Waals surface area contributed by atoms with Crippen LogP contribution in [0.4, 0.5) is 5.69 Å². The molecule has 2 aromatic rings. The molecular formula is C16H18BrNO. The summed E-state index contributed by atoms with van der Waals surface area (Å²) in [5, 5.41) is 0. The first-order valence-electron chi connectivity index (χ1n) is 6.33. The Balaban J connectivity index is 2.06. The van der Waals surface area contributed by atoms with E-state index >= 15 is 0 Å². The third-order valence-electron chi connectivity index (χ3n) is 3.03. The Labute approximate surface area is 122 Å². The van der Waals surface area contributed by atoms with Gasteiger partial charge in [0.2, 0.25) is 0 Å². The fraction of sp³-hybridized carbons (Fsp3) is 0.250. The molecule has 0 aliphatic rings. The topological polar surface area (TPSA) is 35.2 Å². The van der Waals surface area contributed by atoms with Crippen molar-refractivity contribution in [2.75, 3.05) is 5.73 Å². The van der Waals surface area contributed by atoms with Gasteiger partial charge in [0, 0.05) is 0 Å². The van der Waals surface area contributed by atoms with Crippen LogP contribution in [0.25, 0.3) is 0 Å². The monoisotopic (exact) mass is 319 g/mol. The molecule has 0 fully saturated rings. The Morgan fingerprint density at radius 2 is 1.79 bits per heavy atom. The van der Waals surface area contributed by atoms with Gasteiger partial charge < -0.3 is 10.5 Å². The number of hydrogen-bond acceptors (Lipinski definition) is 2. The quantitative estimate of drug-likeness (QED) is 0.826. The lowest BCUT2D eigenvalue weighted by Gasteiger charge is -2.11. The van der Waals surface area contributed by atoms with E-state index in [1.54, 1.807) is 0 Å². The van der Waals surface area contributed by atoms with Crippen molar-refractivity contribution in [2.24, 2.45) is 0 Å². The van der Waals surface area contributed by atoms with Crippen LogP contribution in [0.2, 0.25) is 0 Å². The van der Waals surface area contributed by atoms with Crippen LogP contribution >= 0.6 is 15.9 Å². The van der Waals surface area contributed by atoms with Crippen LogP contribution in [0, 0.1) is 0 Å². The number of halogens is 1. The Morgan fingerprint density at radius 3 is 2.37 bits per heavy atom. The number of nitrogen functional groups attached to an aromatic ring is 1. The van der Waals surface area contributed by atoms with Crippen LogP contribution in [0.5, 0.6) is 5.75 Å². The van der Waals surface area contributed by atoms with Crippen LogP contribution in [0.1, 0.15) is 30.9 Å². The fourth-order valence-corrected chi connectivity index (χ4v) is 2.33. The van der Waals surface area contributed by atoms with E-state index in [1.165, 1.54) is 5.56 Å². The van der Waals surface area contributed by atoms with Crippen molar-refractivity contribution < 1.29 is 4.74 Å². The SMILES string of the molecule is CC(C)c1ccc(COc2c(N)cccc2Br)cc1. The summed E-state index contributed by atoms with van der Waals surface area (Å²) in [6, 6.07) is 14.1. The molecule has 2 N–H and O–H groups in total. The average molecular weight is 320 g/mol. The minimum atomic E-state index is 0.519. The van der Waals surface area contributed by atoms with Crippen molar-refractivity contribution in [1.82, 2.24) is 0 Å². The maximum Gasteiger partial charge on any atom is 0.156 e. The molecule has 0 heterocycles. The Kier molecular flexibility index (Phi) is 4.48. The van der Waals surface area contributed by atoms with Crippen LogP contribution < -0.4 is 10.5 Å². The highest BCUT2D eigenvalue weighted by Gasteiger charge is 2.06. The minimum absolute atomic E-state index is 0.519. The molecular weight excluding hydrogens is 302 g/mol. The van der Waals surface area contributed by atoms with Gasteiger partial charge in [-0.1, -0.05) is 44.2 Å². The fourth-order valence-electron chi connectivity index (χ4n) is 1.83. The Morgan fingerprint density at radius 1 is 1.11 bits per heavy atom. The van der Waals surface area contributed by atoms with Gasteiger partial charge in [-0.2, -0.15) is 0 Å². The molecule has 0 saturated heterocycles. The van der Waals surface area contributed by atoms with Gasteiger partial charge in [0.05, 0.1) is 10.2 Å². The molecule has 0 atom stereocenters. The van der Waals surface area contributed by atoms with Crippen molar-refractivity contribution >= 4 is 21.6 Å². The van der Waals surface area contributed by atoms with E-state index < -0.39 is 0 Å². The maximum atomic E-state index is 5.89. The van der Waals surface area contributed by atoms with Gasteiger partial charge in [-0.25, -0.2) is 0 Å². The van der Waals surface area contributed by atoms with E-state index in [9.17, 15) is 0 Å². The normalized spacial score (nSPS) is 10.7. The molecule has 100 valence electrons. The minimum Gasteiger partial charge on any atom is -0.486 e. The number of rotatable bonds is 4. The molecule has 0 aliphatic carbocycles. The first kappa shape index (κ1) is 13.9. The van der Waals surface area contributed by atoms with Gasteiger partial charge >= 0.3 is 0 Å². The molecule has 2 aromatic carbocycles. The number of ether oxygens (including phenoxy) is 1. The van der Waals surface area contributed by atoms with Crippen molar-refractivity contribution in [2.45, 2.75) is 26.4 Å². The summed E-state index contributed by atoms with van der Waals surface area (Å²) in [5.41, 5.74) is 9.02. The molecule has 0 aliphatic heterocycles. The number of anilines is 1. The zero-order valence-electron chi connectivity index (χ0n) is 11.2. The third-order valence-corrected chi connectivity index (χ3v) is 3.65. The largest absolute Gasteiger partial charge is 0.486 e. The summed E-state index contributed by atoms with van der Waals surface area (Å²) in [4.78, 5) is 0. The van der Waals surface area contributed by atoms with Gasteiger partial charge in [-0.05, 0) is 45.1 Å². The van der Waals surface area contributed by atoms with E-state index in [1.807, 2.05) is 18.2 Å². The molecule has 0 amide bonds. The summed E-state index contributed by atoms with van der Waals surface area (Å²) < 4.78 is 6.66. The number of hydrogen-bond donors (Lipinski definition) is 1. The molecule has 0 saturated carbocycles. The van der Waals surface area contributed by atoms with E-state index in [4.69, 9.17) is 10.5 Å². The molecule has 2 nitrogen and oxygen atoms in total. The first-order valence-corrected chi connectivity index (χ1v) is 7.13. The highest BCUT2D eigenvalue weighted by Crippen LogP contribution is 2.31. The predicted octanol–water partition coefficient (Wildman–Crippen LogP) is 4.73. The van der Waals surface area contributed by atoms with Crippen molar-refractivity contribution in [3.05, 3.63) is 58.1 Å². The van der Waals surface area contributed by atoms with E-state index in [0.29, 0.717) is 24.0 Å². The maximum absolute atomic E-state index is 5.89. The molecule has 0 spiro atoms. The summed E-state index contributed by atoms with van der Waals surface area (Å²) in [6.07, 6.45) is 0. The molecule has 0 unspecified atom stereocenters. The zero-order valence-corrected chi connectivity index (χ0v) is 12.8. The number of para-hydroxylation sites is 1. The van der Waals surface area contributed by atoms with Crippen molar-refractivity contribution in [1.29, 1.82) is 0 Å². The Hall–Kier alpha value is -1.48. The van der Waals surface area contributed by atoms with Gasteiger partial charge in [-0.15, -0.1) is 0 Å². The second kappa shape index (κ2) is 6.11. The molecule has 3 heteroatoms. The van der Waals surface area contributed by atoms with Crippen molar-refractivity contribution in [3.8, 4) is 5.75 Å². The second-order valence-corrected chi connectivity index (χ2v) is 5.70. The number of nitrogens with two attached hydrogens (primary N) is 1. The zero-order chi connectivity index (χ0) is 13.8. The third kappa shape index (κ3) is 3.51. The van der Waals surface area contributed by atoms with Crippen LogP contribution in [0.3, 0.4) is 0 Å². The molecule has 0 aromatic heterocycles. The summed E-state index contributed by atoms with van der Waals surface area (Å²) in [7, 11) is 0. The molecule has 2 rings (SSSR count). The van der Waals surface area contributed by atoms with Gasteiger partial charge in [0.1, 0.15) is 6.61 Å². The lowest BCUT2D eigenvalue weighted by atomic mass is 10.0. The van der Waals surface area contributed by atoms with Crippen LogP contribution in [-0.2, 0) is 6.61 Å². The van der Waals surface area contributed by atoms with Crippen LogP contribution in [-0.4, -0.2) is 0 Å². The summed E-state index contributed by atoms with van der Waals surface area (Å²) in [6.45, 7) is 4.89. The Bertz CT molecular complexity index is 529. The number of benzene rings is 2. The van der Waals surface area contributed by atoms with E-state index in [-0.39, 0.29) is 0 Å². The summed E-state index contributed by atoms with van der Waals surface area (Å²) in [5.74, 6) is 1.25. The van der Waals surface area contributed by atoms with Crippen LogP contribution in [0.15, 0.2) is 46.9 Å². The predicted molar refractivity (Wildman–Crippen MR) is 83.4 cm³/mol. The van der Waals surface area contributed by atoms with E-state index in [2.05, 4.69) is 54.0 Å². The van der Waals surface area contributed by atoms with Gasteiger partial charge in [-0.3, -0.25) is 0 Å². The summed E-state index contributed by atoms with van der Waals surface area (Å²) >= 11 is 3.45.